The van der Waals surface area contributed by atoms with Crippen LogP contribution < -0.4 is 5.73 Å². The summed E-state index contributed by atoms with van der Waals surface area (Å²) in [6.07, 6.45) is 5.07. The SMILES string of the molecule is C#Cc1c(F)ccc(N)c1C. The minimum absolute atomic E-state index is 0.255. The lowest BCUT2D eigenvalue weighted by Crippen LogP contribution is -1.95. The molecule has 2 N–H and O–H groups in total. The molecule has 1 aromatic carbocycles. The molecule has 0 spiro atoms. The fraction of sp³-hybridized carbons (Fsp3) is 0.111. The molecule has 0 heterocycles. The Morgan fingerprint density at radius 3 is 2.64 bits per heavy atom. The van der Waals surface area contributed by atoms with E-state index in [-0.39, 0.29) is 11.4 Å². The van der Waals surface area contributed by atoms with Gasteiger partial charge in [0.05, 0.1) is 5.56 Å². The largest absolute Gasteiger partial charge is 0.398 e. The van der Waals surface area contributed by atoms with Crippen molar-refractivity contribution in [2.45, 2.75) is 6.92 Å². The Morgan fingerprint density at radius 1 is 1.55 bits per heavy atom. The van der Waals surface area contributed by atoms with Crippen LogP contribution in [0.5, 0.6) is 0 Å². The molecule has 0 aliphatic heterocycles. The maximum absolute atomic E-state index is 12.8. The third-order valence-electron chi connectivity index (χ3n) is 1.60. The Bertz CT molecular complexity index is 323. The molecule has 1 rings (SSSR count). The molecule has 0 atom stereocenters. The van der Waals surface area contributed by atoms with Crippen molar-refractivity contribution in [3.05, 3.63) is 29.1 Å². The van der Waals surface area contributed by atoms with Crippen LogP contribution in [0.1, 0.15) is 11.1 Å². The highest BCUT2D eigenvalue weighted by Crippen LogP contribution is 2.17. The zero-order valence-electron chi connectivity index (χ0n) is 6.19. The number of halogens is 1. The first-order valence-electron chi connectivity index (χ1n) is 3.18. The molecule has 0 fully saturated rings. The summed E-state index contributed by atoms with van der Waals surface area (Å²) in [6.45, 7) is 1.70. The first kappa shape index (κ1) is 7.62. The summed E-state index contributed by atoms with van der Waals surface area (Å²) in [6, 6.07) is 2.78. The smallest absolute Gasteiger partial charge is 0.139 e. The van der Waals surface area contributed by atoms with Gasteiger partial charge in [-0.3, -0.25) is 0 Å². The quantitative estimate of drug-likeness (QED) is 0.441. The summed E-state index contributed by atoms with van der Waals surface area (Å²) in [5.41, 5.74) is 6.92. The van der Waals surface area contributed by atoms with Crippen LogP contribution in [0.3, 0.4) is 0 Å². The van der Waals surface area contributed by atoms with Gasteiger partial charge in [-0.25, -0.2) is 4.39 Å². The van der Waals surface area contributed by atoms with Crippen LogP contribution in [-0.2, 0) is 0 Å². The van der Waals surface area contributed by atoms with E-state index in [1.165, 1.54) is 12.1 Å². The van der Waals surface area contributed by atoms with Crippen LogP contribution in [-0.4, -0.2) is 0 Å². The highest BCUT2D eigenvalue weighted by atomic mass is 19.1. The normalized spacial score (nSPS) is 9.18. The minimum atomic E-state index is -0.390. The predicted molar refractivity (Wildman–Crippen MR) is 43.5 cm³/mol. The number of terminal acetylenes is 1. The van der Waals surface area contributed by atoms with Crippen molar-refractivity contribution in [1.82, 2.24) is 0 Å². The molecule has 1 aromatic rings. The fourth-order valence-corrected chi connectivity index (χ4v) is 0.872. The second-order valence-electron chi connectivity index (χ2n) is 2.28. The summed E-state index contributed by atoms with van der Waals surface area (Å²) in [4.78, 5) is 0. The molecule has 2 heteroatoms. The Kier molecular flexibility index (Phi) is 1.82. The van der Waals surface area contributed by atoms with E-state index in [0.29, 0.717) is 11.3 Å². The molecule has 0 saturated heterocycles. The maximum atomic E-state index is 12.8. The van der Waals surface area contributed by atoms with Crippen LogP contribution >= 0.6 is 0 Å². The summed E-state index contributed by atoms with van der Waals surface area (Å²) in [5.74, 6) is 1.86. The lowest BCUT2D eigenvalue weighted by Gasteiger charge is -2.02. The van der Waals surface area contributed by atoms with Gasteiger partial charge < -0.3 is 5.73 Å². The molecular weight excluding hydrogens is 141 g/mol. The lowest BCUT2D eigenvalue weighted by atomic mass is 10.1. The van der Waals surface area contributed by atoms with Gasteiger partial charge in [-0.2, -0.15) is 0 Å². The number of hydrogen-bond acceptors (Lipinski definition) is 1. The topological polar surface area (TPSA) is 26.0 Å². The monoisotopic (exact) mass is 149 g/mol. The zero-order valence-corrected chi connectivity index (χ0v) is 6.19. The van der Waals surface area contributed by atoms with Gasteiger partial charge in [-0.1, -0.05) is 5.92 Å². The van der Waals surface area contributed by atoms with Crippen LogP contribution in [0.4, 0.5) is 10.1 Å². The average Bonchev–Trinajstić information content (AvgIpc) is 1.99. The van der Waals surface area contributed by atoms with Gasteiger partial charge in [0, 0.05) is 5.69 Å². The summed E-state index contributed by atoms with van der Waals surface area (Å²) < 4.78 is 12.8. The maximum Gasteiger partial charge on any atom is 0.139 e. The molecule has 1 nitrogen and oxygen atoms in total. The number of nitrogen functional groups attached to an aromatic ring is 1. The molecule has 0 amide bonds. The third kappa shape index (κ3) is 1.18. The predicted octanol–water partition coefficient (Wildman–Crippen LogP) is 1.70. The standard InChI is InChI=1S/C9H8FN/c1-3-7-6(2)9(11)5-4-8(7)10/h1,4-5H,11H2,2H3. The first-order valence-corrected chi connectivity index (χ1v) is 3.18. The van der Waals surface area contributed by atoms with Gasteiger partial charge in [0.15, 0.2) is 0 Å². The summed E-state index contributed by atoms with van der Waals surface area (Å²) >= 11 is 0. The molecular formula is C9H8FN. The van der Waals surface area contributed by atoms with E-state index in [2.05, 4.69) is 5.92 Å². The van der Waals surface area contributed by atoms with Crippen molar-refractivity contribution in [3.63, 3.8) is 0 Å². The van der Waals surface area contributed by atoms with Crippen molar-refractivity contribution < 1.29 is 4.39 Å². The van der Waals surface area contributed by atoms with Gasteiger partial charge in [0.1, 0.15) is 5.82 Å². The van der Waals surface area contributed by atoms with E-state index in [9.17, 15) is 4.39 Å². The van der Waals surface area contributed by atoms with Gasteiger partial charge >= 0.3 is 0 Å². The van der Waals surface area contributed by atoms with Gasteiger partial charge in [0.2, 0.25) is 0 Å². The van der Waals surface area contributed by atoms with Crippen molar-refractivity contribution in [3.8, 4) is 12.3 Å². The molecule has 0 aliphatic carbocycles. The molecule has 0 radical (unpaired) electrons. The highest BCUT2D eigenvalue weighted by molar-refractivity contribution is 5.55. The second-order valence-corrected chi connectivity index (χ2v) is 2.28. The van der Waals surface area contributed by atoms with Gasteiger partial charge in [0.25, 0.3) is 0 Å². The van der Waals surface area contributed by atoms with Crippen LogP contribution in [0.2, 0.25) is 0 Å². The number of hydrogen-bond donors (Lipinski definition) is 1. The molecule has 0 aromatic heterocycles. The van der Waals surface area contributed by atoms with E-state index in [0.717, 1.165) is 0 Å². The number of anilines is 1. The molecule has 0 aliphatic rings. The Balaban J connectivity index is 3.44. The van der Waals surface area contributed by atoms with Crippen LogP contribution in [0.15, 0.2) is 12.1 Å². The van der Waals surface area contributed by atoms with E-state index in [1.807, 2.05) is 0 Å². The number of rotatable bonds is 0. The lowest BCUT2D eigenvalue weighted by molar-refractivity contribution is 0.623. The van der Waals surface area contributed by atoms with Crippen molar-refractivity contribution in [2.75, 3.05) is 5.73 Å². The van der Waals surface area contributed by atoms with Crippen molar-refractivity contribution in [2.24, 2.45) is 0 Å². The van der Waals surface area contributed by atoms with E-state index < -0.39 is 0 Å². The zero-order chi connectivity index (χ0) is 8.43. The molecule has 0 bridgehead atoms. The Hall–Kier alpha value is -1.49. The van der Waals surface area contributed by atoms with Gasteiger partial charge in [-0.05, 0) is 24.6 Å². The van der Waals surface area contributed by atoms with Crippen molar-refractivity contribution >= 4 is 5.69 Å². The van der Waals surface area contributed by atoms with E-state index in [1.54, 1.807) is 6.92 Å². The van der Waals surface area contributed by atoms with E-state index >= 15 is 0 Å². The van der Waals surface area contributed by atoms with Crippen molar-refractivity contribution in [1.29, 1.82) is 0 Å². The number of nitrogens with two attached hydrogens (primary N) is 1. The Labute approximate surface area is 65.0 Å². The minimum Gasteiger partial charge on any atom is -0.398 e. The Morgan fingerprint density at radius 2 is 2.18 bits per heavy atom. The van der Waals surface area contributed by atoms with E-state index in [4.69, 9.17) is 12.2 Å². The second kappa shape index (κ2) is 2.63. The summed E-state index contributed by atoms with van der Waals surface area (Å²) in [7, 11) is 0. The summed E-state index contributed by atoms with van der Waals surface area (Å²) in [5, 5.41) is 0. The fourth-order valence-electron chi connectivity index (χ4n) is 0.872. The molecule has 56 valence electrons. The van der Waals surface area contributed by atoms with Gasteiger partial charge in [-0.15, -0.1) is 6.42 Å². The highest BCUT2D eigenvalue weighted by Gasteiger charge is 2.04. The molecule has 0 saturated carbocycles. The molecule has 0 unspecified atom stereocenters. The molecule has 11 heavy (non-hydrogen) atoms. The van der Waals surface area contributed by atoms with Crippen LogP contribution in [0, 0.1) is 25.1 Å². The average molecular weight is 149 g/mol. The number of benzene rings is 1. The third-order valence-corrected chi connectivity index (χ3v) is 1.60. The first-order chi connectivity index (χ1) is 5.16. The van der Waals surface area contributed by atoms with Crippen LogP contribution in [0.25, 0.3) is 0 Å².